The first kappa shape index (κ1) is 15.3. The number of nitro groups is 1. The van der Waals surface area contributed by atoms with E-state index in [9.17, 15) is 10.1 Å². The summed E-state index contributed by atoms with van der Waals surface area (Å²) >= 11 is 3.21. The predicted octanol–water partition coefficient (Wildman–Crippen LogP) is 4.29. The highest BCUT2D eigenvalue weighted by molar-refractivity contribution is 9.10. The lowest BCUT2D eigenvalue weighted by molar-refractivity contribution is -0.385. The van der Waals surface area contributed by atoms with Gasteiger partial charge in [-0.1, -0.05) is 12.1 Å². The number of benzene rings is 2. The summed E-state index contributed by atoms with van der Waals surface area (Å²) in [6.07, 6.45) is 0. The number of nitro benzene ring substituents is 1. The van der Waals surface area contributed by atoms with Crippen molar-refractivity contribution in [3.8, 4) is 5.75 Å². The quantitative estimate of drug-likeness (QED) is 0.645. The summed E-state index contributed by atoms with van der Waals surface area (Å²) in [7, 11) is 1.65. The third kappa shape index (κ3) is 3.72. The molecule has 0 bridgehead atoms. The Labute approximate surface area is 131 Å². The Bertz CT molecular complexity index is 674. The Morgan fingerprint density at radius 1 is 1.29 bits per heavy atom. The molecule has 21 heavy (non-hydrogen) atoms. The van der Waals surface area contributed by atoms with Gasteiger partial charge in [-0.2, -0.15) is 0 Å². The molecule has 2 rings (SSSR count). The molecule has 0 aliphatic carbocycles. The van der Waals surface area contributed by atoms with Gasteiger partial charge in [0.15, 0.2) is 0 Å². The van der Waals surface area contributed by atoms with E-state index in [0.717, 1.165) is 22.6 Å². The first-order chi connectivity index (χ1) is 10.0. The highest BCUT2D eigenvalue weighted by atomic mass is 79.9. The number of rotatable bonds is 5. The van der Waals surface area contributed by atoms with Crippen LogP contribution in [0.15, 0.2) is 40.9 Å². The molecule has 0 heterocycles. The Kier molecular flexibility index (Phi) is 4.80. The largest absolute Gasteiger partial charge is 0.496 e. The fourth-order valence-electron chi connectivity index (χ4n) is 2.02. The van der Waals surface area contributed by atoms with Crippen molar-refractivity contribution >= 4 is 27.3 Å². The van der Waals surface area contributed by atoms with Gasteiger partial charge >= 0.3 is 0 Å². The zero-order valence-electron chi connectivity index (χ0n) is 11.7. The monoisotopic (exact) mass is 350 g/mol. The molecule has 0 aromatic heterocycles. The van der Waals surface area contributed by atoms with Crippen molar-refractivity contribution in [2.24, 2.45) is 0 Å². The SMILES string of the molecule is COc1ccc(CNc2ccc([N+](=O)[O-])c(Br)c2)cc1C. The average molecular weight is 351 g/mol. The van der Waals surface area contributed by atoms with Crippen molar-refractivity contribution in [1.29, 1.82) is 0 Å². The van der Waals surface area contributed by atoms with Crippen molar-refractivity contribution < 1.29 is 9.66 Å². The fraction of sp³-hybridized carbons (Fsp3) is 0.200. The highest BCUT2D eigenvalue weighted by Crippen LogP contribution is 2.28. The van der Waals surface area contributed by atoms with Crippen LogP contribution in [0.25, 0.3) is 0 Å². The van der Waals surface area contributed by atoms with E-state index in [1.54, 1.807) is 19.2 Å². The topological polar surface area (TPSA) is 64.4 Å². The number of nitrogens with zero attached hydrogens (tertiary/aromatic N) is 1. The maximum absolute atomic E-state index is 10.8. The van der Waals surface area contributed by atoms with Crippen LogP contribution in [0.1, 0.15) is 11.1 Å². The molecule has 0 aliphatic rings. The number of halogens is 1. The zero-order valence-corrected chi connectivity index (χ0v) is 13.3. The summed E-state index contributed by atoms with van der Waals surface area (Å²) < 4.78 is 5.69. The van der Waals surface area contributed by atoms with E-state index >= 15 is 0 Å². The molecule has 0 unspecified atom stereocenters. The molecule has 0 aliphatic heterocycles. The molecule has 0 atom stereocenters. The van der Waals surface area contributed by atoms with E-state index in [2.05, 4.69) is 21.2 Å². The number of hydrogen-bond donors (Lipinski definition) is 1. The maximum atomic E-state index is 10.8. The summed E-state index contributed by atoms with van der Waals surface area (Å²) in [5.41, 5.74) is 3.06. The van der Waals surface area contributed by atoms with Crippen LogP contribution in [-0.4, -0.2) is 12.0 Å². The number of methoxy groups -OCH3 is 1. The molecule has 2 aromatic carbocycles. The minimum atomic E-state index is -0.416. The van der Waals surface area contributed by atoms with Crippen molar-refractivity contribution in [1.82, 2.24) is 0 Å². The number of hydrogen-bond acceptors (Lipinski definition) is 4. The van der Waals surface area contributed by atoms with Crippen molar-refractivity contribution in [2.75, 3.05) is 12.4 Å². The normalized spacial score (nSPS) is 10.2. The molecule has 110 valence electrons. The lowest BCUT2D eigenvalue weighted by Crippen LogP contribution is -2.01. The van der Waals surface area contributed by atoms with Crippen LogP contribution in [0.2, 0.25) is 0 Å². The molecule has 6 heteroatoms. The summed E-state index contributed by atoms with van der Waals surface area (Å²) in [6.45, 7) is 2.62. The maximum Gasteiger partial charge on any atom is 0.283 e. The summed E-state index contributed by atoms with van der Waals surface area (Å²) in [6, 6.07) is 10.8. The molecule has 0 spiro atoms. The number of anilines is 1. The van der Waals surface area contributed by atoms with Crippen LogP contribution in [0.4, 0.5) is 11.4 Å². The standard InChI is InChI=1S/C15H15BrN2O3/c1-10-7-11(3-6-15(10)21-2)9-17-12-4-5-14(18(19)20)13(16)8-12/h3-8,17H,9H2,1-2H3. The van der Waals surface area contributed by atoms with Gasteiger partial charge in [0.2, 0.25) is 0 Å². The molecule has 0 fully saturated rings. The summed E-state index contributed by atoms with van der Waals surface area (Å²) in [4.78, 5) is 10.3. The van der Waals surface area contributed by atoms with Crippen LogP contribution in [0.3, 0.4) is 0 Å². The van der Waals surface area contributed by atoms with E-state index in [-0.39, 0.29) is 5.69 Å². The van der Waals surface area contributed by atoms with E-state index in [0.29, 0.717) is 11.0 Å². The molecule has 0 radical (unpaired) electrons. The predicted molar refractivity (Wildman–Crippen MR) is 85.9 cm³/mol. The van der Waals surface area contributed by atoms with Crippen molar-refractivity contribution in [3.63, 3.8) is 0 Å². The van der Waals surface area contributed by atoms with Crippen LogP contribution in [0, 0.1) is 17.0 Å². The van der Waals surface area contributed by atoms with Gasteiger partial charge in [-0.25, -0.2) is 0 Å². The van der Waals surface area contributed by atoms with Gasteiger partial charge in [0, 0.05) is 18.3 Å². The molecule has 0 saturated carbocycles. The van der Waals surface area contributed by atoms with E-state index in [4.69, 9.17) is 4.74 Å². The second-order valence-electron chi connectivity index (χ2n) is 4.58. The molecule has 0 amide bonds. The van der Waals surface area contributed by atoms with Crippen LogP contribution < -0.4 is 10.1 Å². The van der Waals surface area contributed by atoms with Crippen molar-refractivity contribution in [2.45, 2.75) is 13.5 Å². The Hall–Kier alpha value is -2.08. The van der Waals surface area contributed by atoms with Gasteiger partial charge in [-0.15, -0.1) is 0 Å². The van der Waals surface area contributed by atoms with Gasteiger partial charge in [0.25, 0.3) is 5.69 Å². The van der Waals surface area contributed by atoms with Gasteiger partial charge in [0.05, 0.1) is 16.5 Å². The van der Waals surface area contributed by atoms with Crippen LogP contribution in [-0.2, 0) is 6.54 Å². The van der Waals surface area contributed by atoms with Gasteiger partial charge in [0.1, 0.15) is 5.75 Å². The zero-order chi connectivity index (χ0) is 15.4. The average Bonchev–Trinajstić information content (AvgIpc) is 2.45. The molecular weight excluding hydrogens is 336 g/mol. The third-order valence-corrected chi connectivity index (χ3v) is 3.74. The second kappa shape index (κ2) is 6.58. The number of nitrogens with one attached hydrogen (secondary N) is 1. The lowest BCUT2D eigenvalue weighted by Gasteiger charge is -2.10. The van der Waals surface area contributed by atoms with E-state index in [1.807, 2.05) is 25.1 Å². The minimum Gasteiger partial charge on any atom is -0.496 e. The van der Waals surface area contributed by atoms with Crippen LogP contribution in [0.5, 0.6) is 5.75 Å². The molecule has 5 nitrogen and oxygen atoms in total. The highest BCUT2D eigenvalue weighted by Gasteiger charge is 2.11. The Balaban J connectivity index is 2.08. The van der Waals surface area contributed by atoms with Crippen LogP contribution >= 0.6 is 15.9 Å². The first-order valence-corrected chi connectivity index (χ1v) is 7.12. The lowest BCUT2D eigenvalue weighted by atomic mass is 10.1. The molecule has 0 saturated heterocycles. The van der Waals surface area contributed by atoms with E-state index in [1.165, 1.54) is 6.07 Å². The Morgan fingerprint density at radius 3 is 2.62 bits per heavy atom. The van der Waals surface area contributed by atoms with E-state index < -0.39 is 4.92 Å². The number of aryl methyl sites for hydroxylation is 1. The van der Waals surface area contributed by atoms with Gasteiger partial charge in [-0.3, -0.25) is 10.1 Å². The first-order valence-electron chi connectivity index (χ1n) is 6.32. The second-order valence-corrected chi connectivity index (χ2v) is 5.44. The Morgan fingerprint density at radius 2 is 2.05 bits per heavy atom. The third-order valence-electron chi connectivity index (χ3n) is 3.10. The molecule has 1 N–H and O–H groups in total. The number of ether oxygens (including phenoxy) is 1. The van der Waals surface area contributed by atoms with Crippen molar-refractivity contribution in [3.05, 3.63) is 62.1 Å². The summed E-state index contributed by atoms with van der Waals surface area (Å²) in [5.74, 6) is 0.858. The smallest absolute Gasteiger partial charge is 0.283 e. The minimum absolute atomic E-state index is 0.0563. The summed E-state index contributed by atoms with van der Waals surface area (Å²) in [5, 5.41) is 14.0. The molecular formula is C15H15BrN2O3. The fourth-order valence-corrected chi connectivity index (χ4v) is 2.54. The molecule has 2 aromatic rings. The van der Waals surface area contributed by atoms with Gasteiger partial charge in [-0.05, 0) is 52.2 Å². The van der Waals surface area contributed by atoms with Gasteiger partial charge < -0.3 is 10.1 Å².